The predicted octanol–water partition coefficient (Wildman–Crippen LogP) is 5.50. The number of ether oxygens (including phenoxy) is 2. The molecule has 1 heterocycles. The van der Waals surface area contributed by atoms with E-state index in [1.54, 1.807) is 13.2 Å². The van der Waals surface area contributed by atoms with Crippen LogP contribution in [-0.4, -0.2) is 36.3 Å². The molecule has 4 rings (SSSR count). The molecule has 182 valence electrons. The minimum absolute atomic E-state index is 0.234. The van der Waals surface area contributed by atoms with Gasteiger partial charge in [0.2, 0.25) is 0 Å². The van der Waals surface area contributed by atoms with E-state index in [1.807, 2.05) is 30.3 Å². The molecule has 1 unspecified atom stereocenters. The summed E-state index contributed by atoms with van der Waals surface area (Å²) >= 11 is 6.49. The fourth-order valence-corrected chi connectivity index (χ4v) is 5.44. The zero-order valence-electron chi connectivity index (χ0n) is 19.6. The van der Waals surface area contributed by atoms with Crippen molar-refractivity contribution in [1.82, 2.24) is 5.32 Å². The van der Waals surface area contributed by atoms with Crippen LogP contribution >= 0.6 is 11.6 Å². The molecule has 1 aliphatic heterocycles. The Morgan fingerprint density at radius 1 is 1.15 bits per heavy atom. The van der Waals surface area contributed by atoms with Crippen molar-refractivity contribution in [3.05, 3.63) is 63.7 Å². The van der Waals surface area contributed by atoms with Gasteiger partial charge in [-0.2, -0.15) is 0 Å². The van der Waals surface area contributed by atoms with Crippen LogP contribution in [0.5, 0.6) is 5.75 Å². The van der Waals surface area contributed by atoms with Crippen LogP contribution in [0.2, 0.25) is 5.02 Å². The summed E-state index contributed by atoms with van der Waals surface area (Å²) < 4.78 is 11.1. The molecular weight excluding hydrogens is 454 g/mol. The third-order valence-electron chi connectivity index (χ3n) is 7.08. The number of aliphatic carboxylic acids is 1. The van der Waals surface area contributed by atoms with Gasteiger partial charge >= 0.3 is 5.97 Å². The van der Waals surface area contributed by atoms with E-state index in [9.17, 15) is 14.7 Å². The Morgan fingerprint density at radius 3 is 2.59 bits per heavy atom. The quantitative estimate of drug-likeness (QED) is 0.515. The van der Waals surface area contributed by atoms with Gasteiger partial charge in [0.25, 0.3) is 5.91 Å². The Kier molecular flexibility index (Phi) is 7.79. The van der Waals surface area contributed by atoms with Crippen molar-refractivity contribution in [2.45, 2.75) is 69.4 Å². The number of amides is 1. The van der Waals surface area contributed by atoms with Crippen molar-refractivity contribution in [3.63, 3.8) is 0 Å². The Labute approximate surface area is 205 Å². The zero-order chi connectivity index (χ0) is 24.1. The summed E-state index contributed by atoms with van der Waals surface area (Å²) in [5.41, 5.74) is 2.05. The maximum Gasteiger partial charge on any atom is 0.336 e. The number of halogens is 1. The fourth-order valence-electron chi connectivity index (χ4n) is 5.17. The van der Waals surface area contributed by atoms with Gasteiger partial charge in [0.05, 0.1) is 17.7 Å². The highest BCUT2D eigenvalue weighted by molar-refractivity contribution is 6.33. The van der Waals surface area contributed by atoms with Crippen molar-refractivity contribution < 1.29 is 24.2 Å². The first kappa shape index (κ1) is 24.6. The van der Waals surface area contributed by atoms with E-state index in [1.165, 1.54) is 37.7 Å². The van der Waals surface area contributed by atoms with Gasteiger partial charge in [-0.05, 0) is 60.9 Å². The maximum absolute atomic E-state index is 12.9. The third kappa shape index (κ3) is 5.39. The van der Waals surface area contributed by atoms with Crippen LogP contribution < -0.4 is 10.1 Å². The van der Waals surface area contributed by atoms with Gasteiger partial charge in [0, 0.05) is 25.1 Å². The Hall–Kier alpha value is -2.57. The molecular formula is C27H32ClNO5. The van der Waals surface area contributed by atoms with Crippen LogP contribution in [0, 0.1) is 0 Å². The molecule has 2 fully saturated rings. The number of nitrogens with one attached hydrogen (secondary N) is 1. The smallest absolute Gasteiger partial charge is 0.336 e. The largest absolute Gasteiger partial charge is 0.496 e. The first-order valence-electron chi connectivity index (χ1n) is 12.0. The van der Waals surface area contributed by atoms with Crippen molar-refractivity contribution in [1.29, 1.82) is 0 Å². The second-order valence-corrected chi connectivity index (χ2v) is 9.74. The number of carboxylic acids is 1. The SMILES string of the molecule is COc1ccc(CC2(C(=O)O)CCCO2)cc1CNC(=O)c1ccc(C2CCCCC2)cc1Cl. The average Bonchev–Trinajstić information content (AvgIpc) is 3.33. The molecule has 1 amide bonds. The van der Waals surface area contributed by atoms with Crippen molar-refractivity contribution in [2.75, 3.05) is 13.7 Å². The molecule has 1 atom stereocenters. The molecule has 7 heteroatoms. The van der Waals surface area contributed by atoms with Crippen LogP contribution in [0.25, 0.3) is 0 Å². The normalized spacial score (nSPS) is 20.8. The van der Waals surface area contributed by atoms with Gasteiger partial charge in [-0.3, -0.25) is 4.79 Å². The predicted molar refractivity (Wildman–Crippen MR) is 131 cm³/mol. The Morgan fingerprint density at radius 2 is 1.94 bits per heavy atom. The fraction of sp³-hybridized carbons (Fsp3) is 0.481. The van der Waals surface area contributed by atoms with Crippen LogP contribution in [0.15, 0.2) is 36.4 Å². The molecule has 6 nitrogen and oxygen atoms in total. The highest BCUT2D eigenvalue weighted by Gasteiger charge is 2.43. The zero-order valence-corrected chi connectivity index (χ0v) is 20.3. The van der Waals surface area contributed by atoms with E-state index >= 15 is 0 Å². The summed E-state index contributed by atoms with van der Waals surface area (Å²) in [6, 6.07) is 11.3. The number of hydrogen-bond donors (Lipinski definition) is 2. The van der Waals surface area contributed by atoms with E-state index in [4.69, 9.17) is 21.1 Å². The molecule has 1 saturated carbocycles. The molecule has 2 aromatic rings. The summed E-state index contributed by atoms with van der Waals surface area (Å²) in [4.78, 5) is 24.7. The Balaban J connectivity index is 1.45. The summed E-state index contributed by atoms with van der Waals surface area (Å²) in [7, 11) is 1.57. The standard InChI is InChI=1S/C27H32ClNO5/c1-33-24-11-8-18(16-27(26(31)32)12-5-13-34-27)14-21(24)17-29-25(30)22-10-9-20(15-23(22)28)19-6-3-2-4-7-19/h8-11,14-15,19H,2-7,12-13,16-17H2,1H3,(H,29,30)(H,31,32). The molecule has 0 radical (unpaired) electrons. The monoisotopic (exact) mass is 485 g/mol. The van der Waals surface area contributed by atoms with Gasteiger partial charge in [0.15, 0.2) is 5.60 Å². The van der Waals surface area contributed by atoms with Crippen molar-refractivity contribution >= 4 is 23.5 Å². The second kappa shape index (κ2) is 10.8. The minimum atomic E-state index is -1.19. The molecule has 2 aliphatic rings. The minimum Gasteiger partial charge on any atom is -0.496 e. The van der Waals surface area contributed by atoms with Crippen molar-refractivity contribution in [2.24, 2.45) is 0 Å². The van der Waals surface area contributed by atoms with E-state index in [-0.39, 0.29) is 18.9 Å². The molecule has 0 aromatic heterocycles. The molecule has 2 aromatic carbocycles. The number of rotatable bonds is 8. The molecule has 34 heavy (non-hydrogen) atoms. The van der Waals surface area contributed by atoms with Gasteiger partial charge in [-0.15, -0.1) is 0 Å². The van der Waals surface area contributed by atoms with Gasteiger partial charge in [0.1, 0.15) is 5.75 Å². The number of carboxylic acid groups (broad SMARTS) is 1. The van der Waals surface area contributed by atoms with Crippen LogP contribution in [-0.2, 0) is 22.5 Å². The first-order valence-corrected chi connectivity index (χ1v) is 12.4. The van der Waals surface area contributed by atoms with Crippen LogP contribution in [0.1, 0.15) is 77.9 Å². The van der Waals surface area contributed by atoms with E-state index in [2.05, 4.69) is 5.32 Å². The molecule has 1 saturated heterocycles. The summed E-state index contributed by atoms with van der Waals surface area (Å²) in [6.07, 6.45) is 7.59. The molecule has 1 aliphatic carbocycles. The highest BCUT2D eigenvalue weighted by Crippen LogP contribution is 2.35. The first-order chi connectivity index (χ1) is 16.4. The lowest BCUT2D eigenvalue weighted by Gasteiger charge is -2.24. The van der Waals surface area contributed by atoms with E-state index in [0.29, 0.717) is 35.3 Å². The summed E-state index contributed by atoms with van der Waals surface area (Å²) in [6.45, 7) is 0.684. The lowest BCUT2D eigenvalue weighted by atomic mass is 9.84. The molecule has 0 bridgehead atoms. The average molecular weight is 486 g/mol. The number of benzene rings is 2. The number of carbonyl (C=O) groups is 2. The number of carbonyl (C=O) groups excluding carboxylic acids is 1. The number of methoxy groups -OCH3 is 1. The van der Waals surface area contributed by atoms with E-state index < -0.39 is 11.6 Å². The van der Waals surface area contributed by atoms with Gasteiger partial charge in [-0.1, -0.05) is 49.1 Å². The van der Waals surface area contributed by atoms with Crippen molar-refractivity contribution in [3.8, 4) is 5.75 Å². The number of hydrogen-bond acceptors (Lipinski definition) is 4. The third-order valence-corrected chi connectivity index (χ3v) is 7.39. The highest BCUT2D eigenvalue weighted by atomic mass is 35.5. The summed E-state index contributed by atoms with van der Waals surface area (Å²) in [5.74, 6) is -0.0522. The van der Waals surface area contributed by atoms with Crippen LogP contribution in [0.4, 0.5) is 0 Å². The molecule has 2 N–H and O–H groups in total. The summed E-state index contributed by atoms with van der Waals surface area (Å²) in [5, 5.41) is 13.1. The molecule has 0 spiro atoms. The lowest BCUT2D eigenvalue weighted by Crippen LogP contribution is -2.40. The topological polar surface area (TPSA) is 84.9 Å². The Bertz CT molecular complexity index is 1040. The van der Waals surface area contributed by atoms with Gasteiger partial charge < -0.3 is 19.9 Å². The second-order valence-electron chi connectivity index (χ2n) is 9.33. The lowest BCUT2D eigenvalue weighted by molar-refractivity contribution is -0.159. The van der Waals surface area contributed by atoms with Gasteiger partial charge in [-0.25, -0.2) is 4.79 Å². The van der Waals surface area contributed by atoms with E-state index in [0.717, 1.165) is 17.5 Å². The maximum atomic E-state index is 12.9. The van der Waals surface area contributed by atoms with Crippen LogP contribution in [0.3, 0.4) is 0 Å².